The van der Waals surface area contributed by atoms with Crippen LogP contribution in [0.4, 0.5) is 16.2 Å². The molecule has 3 rings (SSSR count). The number of ether oxygens (including phenoxy) is 1. The maximum absolute atomic E-state index is 12.8. The Bertz CT molecular complexity index is 784. The number of amides is 2. The number of benzene rings is 2. The van der Waals surface area contributed by atoms with Crippen LogP contribution in [-0.2, 0) is 0 Å². The summed E-state index contributed by atoms with van der Waals surface area (Å²) in [5.74, 6) is 0.696. The molecule has 2 amide bonds. The van der Waals surface area contributed by atoms with Crippen LogP contribution in [-0.4, -0.2) is 24.0 Å². The quantitative estimate of drug-likeness (QED) is 0.874. The van der Waals surface area contributed by atoms with E-state index in [1.54, 1.807) is 31.4 Å². The molecule has 0 bridgehead atoms. The fourth-order valence-corrected chi connectivity index (χ4v) is 2.65. The van der Waals surface area contributed by atoms with Gasteiger partial charge in [-0.15, -0.1) is 0 Å². The summed E-state index contributed by atoms with van der Waals surface area (Å²) < 4.78 is 5.12. The van der Waals surface area contributed by atoms with Crippen molar-refractivity contribution in [1.82, 2.24) is 0 Å². The molecule has 0 radical (unpaired) electrons. The van der Waals surface area contributed by atoms with E-state index in [1.165, 1.54) is 9.80 Å². The Labute approximate surface area is 139 Å². The van der Waals surface area contributed by atoms with Crippen LogP contribution in [0.5, 0.6) is 5.75 Å². The lowest BCUT2D eigenvalue weighted by atomic mass is 10.2. The molecule has 0 spiro atoms. The third-order valence-electron chi connectivity index (χ3n) is 3.63. The van der Waals surface area contributed by atoms with Gasteiger partial charge < -0.3 is 4.74 Å². The van der Waals surface area contributed by atoms with E-state index in [9.17, 15) is 4.79 Å². The number of carbonyl (C=O) groups excluding carboxylic acids is 1. The molecular formula is C17H15N3O2S. The molecule has 5 nitrogen and oxygen atoms in total. The number of thiocarbonyl (C=S) groups is 1. The molecule has 2 aromatic rings. The van der Waals surface area contributed by atoms with E-state index in [4.69, 9.17) is 22.4 Å². The molecule has 0 atom stereocenters. The van der Waals surface area contributed by atoms with Gasteiger partial charge in [0.2, 0.25) is 0 Å². The van der Waals surface area contributed by atoms with E-state index in [0.717, 1.165) is 5.56 Å². The van der Waals surface area contributed by atoms with E-state index < -0.39 is 0 Å². The molecule has 2 aromatic carbocycles. The summed E-state index contributed by atoms with van der Waals surface area (Å²) in [6.07, 6.45) is 0. The molecule has 0 aromatic heterocycles. The summed E-state index contributed by atoms with van der Waals surface area (Å²) in [7, 11) is 1.58. The van der Waals surface area contributed by atoms with E-state index in [-0.39, 0.29) is 16.9 Å². The van der Waals surface area contributed by atoms with Crippen LogP contribution < -0.4 is 14.5 Å². The van der Waals surface area contributed by atoms with Gasteiger partial charge in [0, 0.05) is 0 Å². The second kappa shape index (κ2) is 5.81. The molecule has 1 aliphatic rings. The highest BCUT2D eigenvalue weighted by atomic mass is 32.1. The molecule has 6 heteroatoms. The number of carbonyl (C=O) groups is 1. The zero-order valence-corrected chi connectivity index (χ0v) is 13.6. The summed E-state index contributed by atoms with van der Waals surface area (Å²) in [5, 5.41) is 8.19. The number of urea groups is 1. The molecule has 1 N–H and O–H groups in total. The van der Waals surface area contributed by atoms with E-state index >= 15 is 0 Å². The number of nitrogens with one attached hydrogen (secondary N) is 1. The van der Waals surface area contributed by atoms with Crippen molar-refractivity contribution in [3.63, 3.8) is 0 Å². The van der Waals surface area contributed by atoms with Crippen LogP contribution in [0.1, 0.15) is 5.56 Å². The number of anilines is 2. The van der Waals surface area contributed by atoms with Crippen molar-refractivity contribution in [2.75, 3.05) is 16.9 Å². The summed E-state index contributed by atoms with van der Waals surface area (Å²) in [5.41, 5.74) is 2.32. The molecular weight excluding hydrogens is 310 g/mol. The maximum atomic E-state index is 12.8. The number of hydrogen-bond donors (Lipinski definition) is 1. The molecule has 1 heterocycles. The Morgan fingerprint density at radius 3 is 2.04 bits per heavy atom. The number of amidine groups is 1. The van der Waals surface area contributed by atoms with Gasteiger partial charge in [-0.05, 0) is 43.3 Å². The minimum absolute atomic E-state index is 0.00433. The van der Waals surface area contributed by atoms with Crippen LogP contribution >= 0.6 is 12.2 Å². The standard InChI is InChI=1S/C17H15N3O2S/c1-11-3-5-12(6-4-11)19-15(18)16(23)20(17(19)21)13-7-9-14(22-2)10-8-13/h3-10,18H,1-2H3. The van der Waals surface area contributed by atoms with Crippen molar-refractivity contribution in [3.05, 3.63) is 54.1 Å². The second-order valence-electron chi connectivity index (χ2n) is 5.14. The summed E-state index contributed by atoms with van der Waals surface area (Å²) in [6.45, 7) is 1.97. The van der Waals surface area contributed by atoms with Gasteiger partial charge in [0.15, 0.2) is 10.8 Å². The minimum Gasteiger partial charge on any atom is -0.497 e. The third kappa shape index (κ3) is 2.57. The molecule has 0 aliphatic carbocycles. The largest absolute Gasteiger partial charge is 0.497 e. The molecule has 1 saturated heterocycles. The lowest BCUT2D eigenvalue weighted by Crippen LogP contribution is -2.33. The molecule has 0 saturated carbocycles. The van der Waals surface area contributed by atoms with Crippen molar-refractivity contribution >= 4 is 40.4 Å². The highest BCUT2D eigenvalue weighted by Crippen LogP contribution is 2.29. The molecule has 1 fully saturated rings. The van der Waals surface area contributed by atoms with Gasteiger partial charge in [-0.3, -0.25) is 5.41 Å². The zero-order chi connectivity index (χ0) is 16.6. The van der Waals surface area contributed by atoms with Crippen LogP contribution in [0, 0.1) is 12.3 Å². The van der Waals surface area contributed by atoms with Gasteiger partial charge in [-0.2, -0.15) is 0 Å². The Balaban J connectivity index is 1.97. The molecule has 0 unspecified atom stereocenters. The lowest BCUT2D eigenvalue weighted by molar-refractivity contribution is 0.257. The monoisotopic (exact) mass is 325 g/mol. The first kappa shape index (κ1) is 15.2. The Morgan fingerprint density at radius 2 is 1.48 bits per heavy atom. The predicted molar refractivity (Wildman–Crippen MR) is 94.9 cm³/mol. The van der Waals surface area contributed by atoms with E-state index in [1.807, 2.05) is 31.2 Å². The molecule has 23 heavy (non-hydrogen) atoms. The van der Waals surface area contributed by atoms with Crippen LogP contribution in [0.25, 0.3) is 0 Å². The van der Waals surface area contributed by atoms with Gasteiger partial charge in [-0.1, -0.05) is 29.9 Å². The summed E-state index contributed by atoms with van der Waals surface area (Å²) >= 11 is 5.29. The summed E-state index contributed by atoms with van der Waals surface area (Å²) in [4.78, 5) is 15.6. The minimum atomic E-state index is -0.353. The topological polar surface area (TPSA) is 56.6 Å². The van der Waals surface area contributed by atoms with Crippen molar-refractivity contribution < 1.29 is 9.53 Å². The Kier molecular flexibility index (Phi) is 3.83. The van der Waals surface area contributed by atoms with Crippen LogP contribution in [0.2, 0.25) is 0 Å². The Morgan fingerprint density at radius 1 is 0.957 bits per heavy atom. The normalized spacial score (nSPS) is 14.6. The average Bonchev–Trinajstić information content (AvgIpc) is 2.78. The van der Waals surface area contributed by atoms with E-state index in [0.29, 0.717) is 17.1 Å². The third-order valence-corrected chi connectivity index (χ3v) is 4.01. The summed E-state index contributed by atoms with van der Waals surface area (Å²) in [6, 6.07) is 14.1. The van der Waals surface area contributed by atoms with Crippen molar-refractivity contribution in [1.29, 1.82) is 5.41 Å². The Hall–Kier alpha value is -2.73. The van der Waals surface area contributed by atoms with Crippen molar-refractivity contribution in [2.45, 2.75) is 6.92 Å². The van der Waals surface area contributed by atoms with E-state index in [2.05, 4.69) is 0 Å². The average molecular weight is 325 g/mol. The van der Waals surface area contributed by atoms with Gasteiger partial charge in [0.25, 0.3) is 0 Å². The first-order chi connectivity index (χ1) is 11.0. The van der Waals surface area contributed by atoms with Crippen LogP contribution in [0.15, 0.2) is 48.5 Å². The van der Waals surface area contributed by atoms with Crippen molar-refractivity contribution in [3.8, 4) is 5.75 Å². The van der Waals surface area contributed by atoms with Crippen LogP contribution in [0.3, 0.4) is 0 Å². The second-order valence-corrected chi connectivity index (χ2v) is 5.53. The first-order valence-electron chi connectivity index (χ1n) is 7.00. The number of aryl methyl sites for hydroxylation is 1. The van der Waals surface area contributed by atoms with Gasteiger partial charge in [0.05, 0.1) is 18.5 Å². The molecule has 116 valence electrons. The smallest absolute Gasteiger partial charge is 0.340 e. The highest BCUT2D eigenvalue weighted by Gasteiger charge is 2.40. The lowest BCUT2D eigenvalue weighted by Gasteiger charge is -2.17. The number of nitrogens with zero attached hydrogens (tertiary/aromatic N) is 2. The number of hydrogen-bond acceptors (Lipinski definition) is 4. The highest BCUT2D eigenvalue weighted by molar-refractivity contribution is 7.82. The number of rotatable bonds is 3. The fourth-order valence-electron chi connectivity index (χ4n) is 2.38. The van der Waals surface area contributed by atoms with Gasteiger partial charge in [-0.25, -0.2) is 14.6 Å². The SMILES string of the molecule is COc1ccc(N2C(=O)N(c3ccc(C)cc3)C(=N)C2=S)cc1. The van der Waals surface area contributed by atoms with Gasteiger partial charge in [0.1, 0.15) is 5.75 Å². The zero-order valence-electron chi connectivity index (χ0n) is 12.7. The maximum Gasteiger partial charge on any atom is 0.340 e. The predicted octanol–water partition coefficient (Wildman–Crippen LogP) is 3.75. The van der Waals surface area contributed by atoms with Crippen molar-refractivity contribution in [2.24, 2.45) is 0 Å². The first-order valence-corrected chi connectivity index (χ1v) is 7.41. The van der Waals surface area contributed by atoms with Gasteiger partial charge >= 0.3 is 6.03 Å². The molecule has 1 aliphatic heterocycles. The number of methoxy groups -OCH3 is 1. The fraction of sp³-hybridized carbons (Fsp3) is 0.118.